The van der Waals surface area contributed by atoms with Gasteiger partial charge in [0.15, 0.2) is 5.75 Å². The molecule has 1 aliphatic rings. The number of methoxy groups -OCH3 is 1. The predicted octanol–water partition coefficient (Wildman–Crippen LogP) is 6.17. The lowest BCUT2D eigenvalue weighted by atomic mass is 9.86. The Morgan fingerprint density at radius 1 is 1.00 bits per heavy atom. The first kappa shape index (κ1) is 34.5. The minimum atomic E-state index is -3.63. The SMILES string of the molecule is CCC1CN(C(=O)c2cc(Oc3ccc(NC(=O)Nc4cc(C(C)(C)C)cc(NS(C)(=O)=O)c4OC)c4ccccc34)ccn2)CCN1. The van der Waals surface area contributed by atoms with E-state index in [0.29, 0.717) is 41.7 Å². The molecule has 13 heteroatoms. The van der Waals surface area contributed by atoms with Gasteiger partial charge in [0.05, 0.1) is 30.4 Å². The van der Waals surface area contributed by atoms with Crippen molar-refractivity contribution in [2.24, 2.45) is 0 Å². The van der Waals surface area contributed by atoms with Gasteiger partial charge in [-0.2, -0.15) is 0 Å². The average molecular weight is 675 g/mol. The van der Waals surface area contributed by atoms with Crippen molar-refractivity contribution in [3.8, 4) is 17.2 Å². The summed E-state index contributed by atoms with van der Waals surface area (Å²) in [5.74, 6) is 1.03. The smallest absolute Gasteiger partial charge is 0.323 e. The lowest BCUT2D eigenvalue weighted by Gasteiger charge is -2.33. The van der Waals surface area contributed by atoms with Gasteiger partial charge in [-0.1, -0.05) is 52.0 Å². The number of anilines is 3. The molecule has 1 unspecified atom stereocenters. The number of pyridine rings is 1. The second-order valence-corrected chi connectivity index (χ2v) is 14.5. The van der Waals surface area contributed by atoms with Crippen LogP contribution in [0.2, 0.25) is 0 Å². The van der Waals surface area contributed by atoms with E-state index in [-0.39, 0.29) is 28.8 Å². The van der Waals surface area contributed by atoms with Crippen LogP contribution in [0.25, 0.3) is 10.8 Å². The number of nitrogens with zero attached hydrogens (tertiary/aromatic N) is 2. The van der Waals surface area contributed by atoms with Gasteiger partial charge in [-0.3, -0.25) is 14.5 Å². The molecule has 1 atom stereocenters. The van der Waals surface area contributed by atoms with Gasteiger partial charge < -0.3 is 30.3 Å². The first-order chi connectivity index (χ1) is 22.8. The molecule has 2 heterocycles. The molecule has 0 radical (unpaired) electrons. The molecule has 0 aliphatic carbocycles. The van der Waals surface area contributed by atoms with Crippen molar-refractivity contribution < 1.29 is 27.5 Å². The van der Waals surface area contributed by atoms with Gasteiger partial charge in [-0.05, 0) is 47.7 Å². The first-order valence-corrected chi connectivity index (χ1v) is 17.6. The summed E-state index contributed by atoms with van der Waals surface area (Å²) in [5, 5.41) is 10.6. The first-order valence-electron chi connectivity index (χ1n) is 15.7. The Bertz CT molecular complexity index is 1940. The van der Waals surface area contributed by atoms with E-state index >= 15 is 0 Å². The third-order valence-corrected chi connectivity index (χ3v) is 8.64. The van der Waals surface area contributed by atoms with Crippen molar-refractivity contribution in [2.45, 2.75) is 45.6 Å². The molecular weight excluding hydrogens is 632 g/mol. The number of rotatable bonds is 9. The number of urea groups is 1. The second-order valence-electron chi connectivity index (χ2n) is 12.8. The molecule has 254 valence electrons. The van der Waals surface area contributed by atoms with E-state index in [2.05, 4.69) is 32.6 Å². The summed E-state index contributed by atoms with van der Waals surface area (Å²) in [6.45, 7) is 10.0. The minimum absolute atomic E-state index is 0.139. The number of nitrogens with one attached hydrogen (secondary N) is 4. The highest BCUT2D eigenvalue weighted by molar-refractivity contribution is 7.92. The van der Waals surface area contributed by atoms with Crippen molar-refractivity contribution in [1.29, 1.82) is 0 Å². The van der Waals surface area contributed by atoms with Crippen LogP contribution in [-0.2, 0) is 15.4 Å². The number of ether oxygens (including phenoxy) is 2. The van der Waals surface area contributed by atoms with Crippen LogP contribution in [0.1, 0.15) is 50.2 Å². The zero-order valence-corrected chi connectivity index (χ0v) is 28.8. The van der Waals surface area contributed by atoms with Crippen LogP contribution < -0.4 is 30.1 Å². The van der Waals surface area contributed by atoms with Gasteiger partial charge in [0.2, 0.25) is 10.0 Å². The molecule has 5 rings (SSSR count). The number of piperazine rings is 1. The molecule has 48 heavy (non-hydrogen) atoms. The zero-order valence-electron chi connectivity index (χ0n) is 28.0. The van der Waals surface area contributed by atoms with Gasteiger partial charge in [-0.25, -0.2) is 13.2 Å². The number of sulfonamides is 1. The van der Waals surface area contributed by atoms with Gasteiger partial charge >= 0.3 is 6.03 Å². The maximum absolute atomic E-state index is 13.4. The van der Waals surface area contributed by atoms with E-state index in [1.165, 1.54) is 7.11 Å². The Morgan fingerprint density at radius 2 is 1.71 bits per heavy atom. The van der Waals surface area contributed by atoms with E-state index in [0.717, 1.165) is 35.6 Å². The van der Waals surface area contributed by atoms with Crippen LogP contribution >= 0.6 is 0 Å². The predicted molar refractivity (Wildman–Crippen MR) is 189 cm³/mol. The Hall–Kier alpha value is -4.88. The zero-order chi connectivity index (χ0) is 34.6. The van der Waals surface area contributed by atoms with E-state index in [4.69, 9.17) is 9.47 Å². The molecule has 4 aromatic rings. The van der Waals surface area contributed by atoms with Crippen molar-refractivity contribution in [2.75, 3.05) is 48.4 Å². The van der Waals surface area contributed by atoms with Crippen LogP contribution in [0.4, 0.5) is 21.9 Å². The summed E-state index contributed by atoms with van der Waals surface area (Å²) in [6, 6.07) is 17.5. The van der Waals surface area contributed by atoms with Crippen LogP contribution in [0.3, 0.4) is 0 Å². The normalized spacial score (nSPS) is 15.1. The molecule has 1 aromatic heterocycles. The number of benzene rings is 3. The highest BCUT2D eigenvalue weighted by Gasteiger charge is 2.25. The molecule has 3 aromatic carbocycles. The molecule has 4 N–H and O–H groups in total. The molecule has 12 nitrogen and oxygen atoms in total. The average Bonchev–Trinajstić information content (AvgIpc) is 3.04. The molecule has 1 fully saturated rings. The highest BCUT2D eigenvalue weighted by Crippen LogP contribution is 2.40. The number of fused-ring (bicyclic) bond motifs is 1. The Morgan fingerprint density at radius 3 is 2.40 bits per heavy atom. The van der Waals surface area contributed by atoms with E-state index in [9.17, 15) is 18.0 Å². The van der Waals surface area contributed by atoms with Crippen molar-refractivity contribution in [3.63, 3.8) is 0 Å². The summed E-state index contributed by atoms with van der Waals surface area (Å²) < 4.78 is 38.5. The number of hydrogen-bond donors (Lipinski definition) is 4. The molecule has 3 amide bonds. The van der Waals surface area contributed by atoms with Crippen LogP contribution in [0, 0.1) is 0 Å². The number of hydrogen-bond acceptors (Lipinski definition) is 8. The van der Waals surface area contributed by atoms with Gasteiger partial charge in [0.25, 0.3) is 5.91 Å². The fraction of sp³-hybridized carbons (Fsp3) is 0.343. The third-order valence-electron chi connectivity index (χ3n) is 8.05. The maximum atomic E-state index is 13.4. The third kappa shape index (κ3) is 8.15. The maximum Gasteiger partial charge on any atom is 0.323 e. The van der Waals surface area contributed by atoms with Crippen LogP contribution in [-0.4, -0.2) is 69.3 Å². The molecule has 0 bridgehead atoms. The number of amides is 3. The second kappa shape index (κ2) is 14.1. The van der Waals surface area contributed by atoms with E-state index in [1.807, 2.05) is 49.9 Å². The molecular formula is C35H42N6O6S. The highest BCUT2D eigenvalue weighted by atomic mass is 32.2. The van der Waals surface area contributed by atoms with Crippen molar-refractivity contribution in [1.82, 2.24) is 15.2 Å². The lowest BCUT2D eigenvalue weighted by Crippen LogP contribution is -2.52. The summed E-state index contributed by atoms with van der Waals surface area (Å²) in [5.41, 5.74) is 1.77. The topological polar surface area (TPSA) is 151 Å². The minimum Gasteiger partial charge on any atom is -0.492 e. The molecule has 1 saturated heterocycles. The lowest BCUT2D eigenvalue weighted by molar-refractivity contribution is 0.0695. The Balaban J connectivity index is 1.38. The molecule has 1 aliphatic heterocycles. The Labute approximate surface area is 281 Å². The molecule has 0 spiro atoms. The summed E-state index contributed by atoms with van der Waals surface area (Å²) in [6.07, 6.45) is 3.54. The summed E-state index contributed by atoms with van der Waals surface area (Å²) in [7, 11) is -2.22. The number of carbonyl (C=O) groups is 2. The number of carbonyl (C=O) groups excluding carboxylic acids is 2. The van der Waals surface area contributed by atoms with Crippen molar-refractivity contribution in [3.05, 3.63) is 78.1 Å². The largest absolute Gasteiger partial charge is 0.492 e. The molecule has 0 saturated carbocycles. The van der Waals surface area contributed by atoms with Gasteiger partial charge in [0.1, 0.15) is 17.2 Å². The van der Waals surface area contributed by atoms with Crippen LogP contribution in [0.15, 0.2) is 66.9 Å². The number of aromatic nitrogens is 1. The van der Waals surface area contributed by atoms with Gasteiger partial charge in [0, 0.05) is 48.7 Å². The van der Waals surface area contributed by atoms with Gasteiger partial charge in [-0.15, -0.1) is 0 Å². The van der Waals surface area contributed by atoms with E-state index in [1.54, 1.807) is 42.6 Å². The summed E-state index contributed by atoms with van der Waals surface area (Å²) >= 11 is 0. The summed E-state index contributed by atoms with van der Waals surface area (Å²) in [4.78, 5) is 32.8. The fourth-order valence-electron chi connectivity index (χ4n) is 5.56. The monoisotopic (exact) mass is 674 g/mol. The van der Waals surface area contributed by atoms with Crippen molar-refractivity contribution >= 4 is 49.8 Å². The fourth-order valence-corrected chi connectivity index (χ4v) is 6.11. The van der Waals surface area contributed by atoms with E-state index < -0.39 is 16.1 Å². The standard InChI is InChI=1S/C35H42N6O6S/c1-7-23-21-41(17-16-36-23)33(42)30-20-24(14-15-37-30)47-31-13-12-27(25-10-8-9-11-26(25)31)38-34(43)39-28-18-22(35(2,3)4)19-29(32(28)46-5)40-48(6,44)45/h8-15,18-20,23,36,40H,7,16-17,21H2,1-6H3,(H2,38,39,43). The Kier molecular flexibility index (Phi) is 10.1. The van der Waals surface area contributed by atoms with Crippen LogP contribution in [0.5, 0.6) is 17.2 Å². The quantitative estimate of drug-likeness (QED) is 0.165.